The van der Waals surface area contributed by atoms with E-state index in [4.69, 9.17) is 15.2 Å². The number of nitrogens with two attached hydrogens (primary N) is 1. The Bertz CT molecular complexity index is 185. The second-order valence-corrected chi connectivity index (χ2v) is 3.27. The molecule has 1 saturated heterocycles. The molecule has 1 heterocycles. The van der Waals surface area contributed by atoms with Gasteiger partial charge in [0.1, 0.15) is 6.10 Å². The maximum atomic E-state index is 10.5. The Balaban J connectivity index is 2.71. The van der Waals surface area contributed by atoms with Gasteiger partial charge in [0.15, 0.2) is 12.6 Å². The zero-order chi connectivity index (χ0) is 10.0. The summed E-state index contributed by atoms with van der Waals surface area (Å²) in [4.78, 5) is 10.5. The number of hydrogen-bond donors (Lipinski definition) is 2. The molecule has 0 radical (unpaired) electrons. The summed E-state index contributed by atoms with van der Waals surface area (Å²) in [5.41, 5.74) is 5.71. The van der Waals surface area contributed by atoms with Crippen LogP contribution in [0.15, 0.2) is 0 Å². The fraction of sp³-hybridized carbons (Fsp3) is 0.875. The zero-order valence-corrected chi connectivity index (χ0v) is 7.71. The van der Waals surface area contributed by atoms with Crippen LogP contribution in [0.2, 0.25) is 0 Å². The minimum absolute atomic E-state index is 0.214. The highest BCUT2D eigenvalue weighted by molar-refractivity contribution is 5.57. The number of aliphatic hydroxyl groups excluding tert-OH is 1. The van der Waals surface area contributed by atoms with Crippen LogP contribution in [-0.2, 0) is 14.3 Å². The molecule has 0 aliphatic carbocycles. The average Bonchev–Trinajstić information content (AvgIpc) is 2.15. The van der Waals surface area contributed by atoms with Crippen molar-refractivity contribution in [2.45, 2.75) is 31.5 Å². The van der Waals surface area contributed by atoms with E-state index in [1.54, 1.807) is 6.92 Å². The van der Waals surface area contributed by atoms with Gasteiger partial charge in [0.25, 0.3) is 0 Å². The van der Waals surface area contributed by atoms with Crippen LogP contribution < -0.4 is 5.73 Å². The topological polar surface area (TPSA) is 81.8 Å². The van der Waals surface area contributed by atoms with Crippen LogP contribution in [-0.4, -0.2) is 43.0 Å². The summed E-state index contributed by atoms with van der Waals surface area (Å²) in [6.45, 7) is 1.76. The Labute approximate surface area is 76.8 Å². The number of methoxy groups -OCH3 is 1. The van der Waals surface area contributed by atoms with Gasteiger partial charge >= 0.3 is 0 Å². The minimum Gasteiger partial charge on any atom is -0.390 e. The van der Waals surface area contributed by atoms with E-state index in [2.05, 4.69) is 0 Å². The molecule has 1 rings (SSSR count). The average molecular weight is 189 g/mol. The van der Waals surface area contributed by atoms with Gasteiger partial charge < -0.3 is 25.1 Å². The quantitative estimate of drug-likeness (QED) is 0.538. The number of aldehydes is 1. The first kappa shape index (κ1) is 10.6. The molecular formula is C8H15NO4. The van der Waals surface area contributed by atoms with Gasteiger partial charge in [0, 0.05) is 13.0 Å². The molecule has 1 aliphatic rings. The van der Waals surface area contributed by atoms with Crippen LogP contribution in [0.1, 0.15) is 6.92 Å². The van der Waals surface area contributed by atoms with Gasteiger partial charge in [0.05, 0.1) is 12.1 Å². The zero-order valence-electron chi connectivity index (χ0n) is 7.71. The highest BCUT2D eigenvalue weighted by Gasteiger charge is 2.40. The lowest BCUT2D eigenvalue weighted by molar-refractivity contribution is -0.228. The normalized spacial score (nSPS) is 46.0. The monoisotopic (exact) mass is 189 g/mol. The SMILES string of the molecule is COC1OC(C=O)C(O)C(C)C1N. The van der Waals surface area contributed by atoms with Gasteiger partial charge in [-0.3, -0.25) is 0 Å². The third kappa shape index (κ3) is 1.88. The predicted octanol–water partition coefficient (Wildman–Crippen LogP) is -1.12. The molecule has 5 nitrogen and oxygen atoms in total. The van der Waals surface area contributed by atoms with Gasteiger partial charge in [0.2, 0.25) is 0 Å². The van der Waals surface area contributed by atoms with Gasteiger partial charge in [-0.15, -0.1) is 0 Å². The molecule has 0 amide bonds. The molecule has 13 heavy (non-hydrogen) atoms. The fourth-order valence-corrected chi connectivity index (χ4v) is 1.43. The number of hydrogen-bond acceptors (Lipinski definition) is 5. The molecule has 0 aromatic carbocycles. The summed E-state index contributed by atoms with van der Waals surface area (Å²) >= 11 is 0. The van der Waals surface area contributed by atoms with E-state index in [-0.39, 0.29) is 5.92 Å². The Morgan fingerprint density at radius 3 is 2.69 bits per heavy atom. The molecule has 76 valence electrons. The number of aliphatic hydroxyl groups is 1. The van der Waals surface area contributed by atoms with E-state index in [0.717, 1.165) is 0 Å². The number of rotatable bonds is 2. The molecule has 3 N–H and O–H groups in total. The third-order valence-electron chi connectivity index (χ3n) is 2.45. The summed E-state index contributed by atoms with van der Waals surface area (Å²) in [5.74, 6) is -0.214. The van der Waals surface area contributed by atoms with Crippen molar-refractivity contribution in [3.63, 3.8) is 0 Å². The largest absolute Gasteiger partial charge is 0.390 e. The van der Waals surface area contributed by atoms with Crippen molar-refractivity contribution in [1.82, 2.24) is 0 Å². The maximum absolute atomic E-state index is 10.5. The molecular weight excluding hydrogens is 174 g/mol. The van der Waals surface area contributed by atoms with E-state index in [1.165, 1.54) is 7.11 Å². The standard InChI is InChI=1S/C8H15NO4/c1-4-6(9)8(12-2)13-5(3-10)7(4)11/h3-8,11H,9H2,1-2H3. The summed E-state index contributed by atoms with van der Waals surface area (Å²) < 4.78 is 10.1. The smallest absolute Gasteiger partial charge is 0.173 e. The molecule has 5 atom stereocenters. The summed E-state index contributed by atoms with van der Waals surface area (Å²) in [6.07, 6.45) is -1.73. The number of carbonyl (C=O) groups excluding carboxylic acids is 1. The predicted molar refractivity (Wildman–Crippen MR) is 44.9 cm³/mol. The van der Waals surface area contributed by atoms with E-state index >= 15 is 0 Å². The number of carbonyl (C=O) groups is 1. The summed E-state index contributed by atoms with van der Waals surface area (Å²) in [5, 5.41) is 9.53. The second-order valence-electron chi connectivity index (χ2n) is 3.27. The molecule has 1 fully saturated rings. The Morgan fingerprint density at radius 2 is 2.23 bits per heavy atom. The van der Waals surface area contributed by atoms with Crippen molar-refractivity contribution in [1.29, 1.82) is 0 Å². The first-order chi connectivity index (χ1) is 6.11. The van der Waals surface area contributed by atoms with Crippen LogP contribution in [0.5, 0.6) is 0 Å². The van der Waals surface area contributed by atoms with Gasteiger partial charge in [-0.05, 0) is 0 Å². The fourth-order valence-electron chi connectivity index (χ4n) is 1.43. The lowest BCUT2D eigenvalue weighted by atomic mass is 9.90. The highest BCUT2D eigenvalue weighted by atomic mass is 16.7. The lowest BCUT2D eigenvalue weighted by Gasteiger charge is -2.39. The Hall–Kier alpha value is -0.490. The van der Waals surface area contributed by atoms with Crippen molar-refractivity contribution in [3.05, 3.63) is 0 Å². The first-order valence-electron chi connectivity index (χ1n) is 4.19. The van der Waals surface area contributed by atoms with Crippen LogP contribution in [0.4, 0.5) is 0 Å². The lowest BCUT2D eigenvalue weighted by Crippen LogP contribution is -2.57. The van der Waals surface area contributed by atoms with Crippen LogP contribution in [0.25, 0.3) is 0 Å². The molecule has 1 aliphatic heterocycles. The van der Waals surface area contributed by atoms with Crippen molar-refractivity contribution < 1.29 is 19.4 Å². The summed E-state index contributed by atoms with van der Waals surface area (Å²) in [6, 6.07) is -0.406. The molecule has 0 aromatic heterocycles. The van der Waals surface area contributed by atoms with Gasteiger partial charge in [-0.1, -0.05) is 6.92 Å². The minimum atomic E-state index is -0.848. The molecule has 0 aromatic rings. The second kappa shape index (κ2) is 4.15. The third-order valence-corrected chi connectivity index (χ3v) is 2.45. The van der Waals surface area contributed by atoms with Crippen molar-refractivity contribution >= 4 is 6.29 Å². The first-order valence-corrected chi connectivity index (χ1v) is 4.19. The Kier molecular flexibility index (Phi) is 3.38. The molecule has 0 bridgehead atoms. The molecule has 5 heteroatoms. The van der Waals surface area contributed by atoms with E-state index in [0.29, 0.717) is 6.29 Å². The Morgan fingerprint density at radius 1 is 1.62 bits per heavy atom. The van der Waals surface area contributed by atoms with Crippen molar-refractivity contribution in [3.8, 4) is 0 Å². The van der Waals surface area contributed by atoms with Crippen LogP contribution in [0.3, 0.4) is 0 Å². The van der Waals surface area contributed by atoms with Crippen molar-refractivity contribution in [2.75, 3.05) is 7.11 Å². The van der Waals surface area contributed by atoms with E-state index < -0.39 is 24.5 Å². The molecule has 5 unspecified atom stereocenters. The summed E-state index contributed by atoms with van der Waals surface area (Å²) in [7, 11) is 1.46. The van der Waals surface area contributed by atoms with Gasteiger partial charge in [-0.2, -0.15) is 0 Å². The van der Waals surface area contributed by atoms with Crippen LogP contribution in [0, 0.1) is 5.92 Å². The number of ether oxygens (including phenoxy) is 2. The maximum Gasteiger partial charge on any atom is 0.173 e. The van der Waals surface area contributed by atoms with Gasteiger partial charge in [-0.25, -0.2) is 0 Å². The van der Waals surface area contributed by atoms with E-state index in [1.807, 2.05) is 0 Å². The van der Waals surface area contributed by atoms with Crippen LogP contribution >= 0.6 is 0 Å². The highest BCUT2D eigenvalue weighted by Crippen LogP contribution is 2.23. The molecule has 0 saturated carbocycles. The van der Waals surface area contributed by atoms with E-state index in [9.17, 15) is 9.90 Å². The van der Waals surface area contributed by atoms with Crippen molar-refractivity contribution in [2.24, 2.45) is 11.7 Å². The molecule has 0 spiro atoms.